The van der Waals surface area contributed by atoms with E-state index in [2.05, 4.69) is 55.1 Å². The number of aromatic nitrogens is 2. The number of hydrogen-bond acceptors (Lipinski definition) is 5. The van der Waals surface area contributed by atoms with Crippen LogP contribution in [0.25, 0.3) is 0 Å². The highest BCUT2D eigenvalue weighted by atomic mass is 32.2. The zero-order valence-electron chi connectivity index (χ0n) is 13.7. The van der Waals surface area contributed by atoms with Crippen LogP contribution in [0.1, 0.15) is 57.3 Å². The lowest BCUT2D eigenvalue weighted by Gasteiger charge is -2.23. The van der Waals surface area contributed by atoms with Gasteiger partial charge in [0, 0.05) is 29.8 Å². The maximum absolute atomic E-state index is 4.73. The third kappa shape index (κ3) is 4.50. The van der Waals surface area contributed by atoms with E-state index in [-0.39, 0.29) is 0 Å². The van der Waals surface area contributed by atoms with Crippen LogP contribution in [-0.2, 0) is 0 Å². The van der Waals surface area contributed by atoms with Crippen molar-refractivity contribution in [1.29, 1.82) is 0 Å². The van der Waals surface area contributed by atoms with Crippen LogP contribution in [0.3, 0.4) is 0 Å². The van der Waals surface area contributed by atoms with Crippen molar-refractivity contribution in [1.82, 2.24) is 9.97 Å². The summed E-state index contributed by atoms with van der Waals surface area (Å²) < 4.78 is 0. The first-order valence-corrected chi connectivity index (χ1v) is 9.14. The largest absolute Gasteiger partial charge is 0.370 e. The number of thioether (sulfide) groups is 1. The van der Waals surface area contributed by atoms with E-state index in [0.717, 1.165) is 41.4 Å². The second-order valence-electron chi connectivity index (χ2n) is 5.96. The molecule has 0 spiro atoms. The fraction of sp³-hybridized carbons (Fsp3) is 0.750. The topological polar surface area (TPSA) is 49.8 Å². The fourth-order valence-electron chi connectivity index (χ4n) is 2.48. The molecule has 0 radical (unpaired) electrons. The maximum atomic E-state index is 4.73. The Morgan fingerprint density at radius 3 is 2.48 bits per heavy atom. The highest BCUT2D eigenvalue weighted by Gasteiger charge is 2.16. The minimum atomic E-state index is 0.340. The van der Waals surface area contributed by atoms with Gasteiger partial charge in [-0.15, -0.1) is 0 Å². The van der Waals surface area contributed by atoms with Crippen molar-refractivity contribution in [2.24, 2.45) is 0 Å². The molecular formula is C16H28N4S. The van der Waals surface area contributed by atoms with Gasteiger partial charge in [-0.2, -0.15) is 11.8 Å². The Bertz CT molecular complexity index is 456. The highest BCUT2D eigenvalue weighted by molar-refractivity contribution is 7.99. The highest BCUT2D eigenvalue weighted by Crippen LogP contribution is 2.27. The van der Waals surface area contributed by atoms with Crippen LogP contribution in [0.4, 0.5) is 11.6 Å². The molecule has 1 aromatic rings. The standard InChI is InChI=1S/C16H28N4S/c1-5-17-15-12(4)16(20-14(19-15)11(2)3)18-10-13-8-6-7-9-21-13/h11,13H,5-10H2,1-4H3,(H2,17,18,19,20). The molecule has 0 bridgehead atoms. The fourth-order valence-corrected chi connectivity index (χ4v) is 3.72. The zero-order valence-corrected chi connectivity index (χ0v) is 14.5. The lowest BCUT2D eigenvalue weighted by molar-refractivity contribution is 0.676. The van der Waals surface area contributed by atoms with Crippen LogP contribution >= 0.6 is 11.8 Å². The van der Waals surface area contributed by atoms with Gasteiger partial charge in [0.05, 0.1) is 0 Å². The van der Waals surface area contributed by atoms with Gasteiger partial charge in [0.2, 0.25) is 0 Å². The maximum Gasteiger partial charge on any atom is 0.135 e. The van der Waals surface area contributed by atoms with E-state index >= 15 is 0 Å². The van der Waals surface area contributed by atoms with Gasteiger partial charge in [-0.3, -0.25) is 0 Å². The molecule has 2 rings (SSSR count). The molecule has 4 nitrogen and oxygen atoms in total. The Balaban J connectivity index is 2.12. The van der Waals surface area contributed by atoms with Gasteiger partial charge in [0.1, 0.15) is 17.5 Å². The quantitative estimate of drug-likeness (QED) is 0.830. The minimum absolute atomic E-state index is 0.340. The SMILES string of the molecule is CCNc1nc(C(C)C)nc(NCC2CCCCS2)c1C. The number of anilines is 2. The molecule has 0 saturated carbocycles. The van der Waals surface area contributed by atoms with Gasteiger partial charge >= 0.3 is 0 Å². The molecule has 1 fully saturated rings. The third-order valence-electron chi connectivity index (χ3n) is 3.79. The lowest BCUT2D eigenvalue weighted by Crippen LogP contribution is -2.22. The van der Waals surface area contributed by atoms with Gasteiger partial charge in [-0.1, -0.05) is 20.3 Å². The van der Waals surface area contributed by atoms with Crippen LogP contribution < -0.4 is 10.6 Å². The molecule has 1 aliphatic heterocycles. The first-order chi connectivity index (χ1) is 10.1. The third-order valence-corrected chi connectivity index (χ3v) is 5.19. The van der Waals surface area contributed by atoms with Gasteiger partial charge in [0.25, 0.3) is 0 Å². The van der Waals surface area contributed by atoms with Gasteiger partial charge in [-0.25, -0.2) is 9.97 Å². The number of hydrogen-bond donors (Lipinski definition) is 2. The van der Waals surface area contributed by atoms with Crippen molar-refractivity contribution in [3.8, 4) is 0 Å². The summed E-state index contributed by atoms with van der Waals surface area (Å²) in [4.78, 5) is 9.38. The molecule has 1 aromatic heterocycles. The summed E-state index contributed by atoms with van der Waals surface area (Å²) >= 11 is 2.09. The number of rotatable bonds is 6. The molecule has 0 amide bonds. The monoisotopic (exact) mass is 308 g/mol. The zero-order chi connectivity index (χ0) is 15.2. The average Bonchev–Trinajstić information content (AvgIpc) is 2.49. The van der Waals surface area contributed by atoms with Crippen molar-refractivity contribution >= 4 is 23.4 Å². The molecule has 1 atom stereocenters. The Labute approximate surface area is 132 Å². The minimum Gasteiger partial charge on any atom is -0.370 e. The van der Waals surface area contributed by atoms with E-state index in [1.54, 1.807) is 0 Å². The molecule has 1 aliphatic rings. The number of nitrogens with zero attached hydrogens (tertiary/aromatic N) is 2. The van der Waals surface area contributed by atoms with Crippen molar-refractivity contribution in [2.45, 2.75) is 58.1 Å². The Morgan fingerprint density at radius 2 is 1.90 bits per heavy atom. The molecule has 1 saturated heterocycles. The van der Waals surface area contributed by atoms with Crippen LogP contribution in [0.2, 0.25) is 0 Å². The van der Waals surface area contributed by atoms with Gasteiger partial charge in [-0.05, 0) is 32.4 Å². The Hall–Kier alpha value is -0.970. The van der Waals surface area contributed by atoms with E-state index in [9.17, 15) is 0 Å². The molecule has 0 aliphatic carbocycles. The smallest absolute Gasteiger partial charge is 0.135 e. The van der Waals surface area contributed by atoms with Gasteiger partial charge < -0.3 is 10.6 Å². The van der Waals surface area contributed by atoms with Gasteiger partial charge in [0.15, 0.2) is 0 Å². The number of nitrogens with one attached hydrogen (secondary N) is 2. The first kappa shape index (κ1) is 16.4. The molecule has 21 heavy (non-hydrogen) atoms. The lowest BCUT2D eigenvalue weighted by atomic mass is 10.1. The molecule has 5 heteroatoms. The van der Waals surface area contributed by atoms with E-state index in [4.69, 9.17) is 4.98 Å². The van der Waals surface area contributed by atoms with E-state index < -0.39 is 0 Å². The average molecular weight is 308 g/mol. The summed E-state index contributed by atoms with van der Waals surface area (Å²) in [5, 5.41) is 7.64. The molecule has 118 valence electrons. The molecule has 0 aromatic carbocycles. The first-order valence-electron chi connectivity index (χ1n) is 8.09. The molecule has 2 N–H and O–H groups in total. The predicted octanol–water partition coefficient (Wildman–Crippen LogP) is 4.04. The molecular weight excluding hydrogens is 280 g/mol. The van der Waals surface area contributed by atoms with Crippen molar-refractivity contribution in [3.63, 3.8) is 0 Å². The van der Waals surface area contributed by atoms with Crippen LogP contribution in [0.5, 0.6) is 0 Å². The molecule has 1 unspecified atom stereocenters. The summed E-state index contributed by atoms with van der Waals surface area (Å²) in [5.41, 5.74) is 1.13. The van der Waals surface area contributed by atoms with Crippen LogP contribution in [0.15, 0.2) is 0 Å². The second kappa shape index (κ2) is 7.87. The van der Waals surface area contributed by atoms with E-state index in [0.29, 0.717) is 5.92 Å². The Morgan fingerprint density at radius 1 is 1.19 bits per heavy atom. The Kier molecular flexibility index (Phi) is 6.15. The van der Waals surface area contributed by atoms with Crippen LogP contribution in [-0.4, -0.2) is 34.1 Å². The van der Waals surface area contributed by atoms with Crippen molar-refractivity contribution in [3.05, 3.63) is 11.4 Å². The van der Waals surface area contributed by atoms with Crippen molar-refractivity contribution in [2.75, 3.05) is 29.5 Å². The summed E-state index contributed by atoms with van der Waals surface area (Å²) in [5.74, 6) is 4.52. The van der Waals surface area contributed by atoms with E-state index in [1.807, 2.05) is 0 Å². The predicted molar refractivity (Wildman–Crippen MR) is 93.6 cm³/mol. The summed E-state index contributed by atoms with van der Waals surface area (Å²) in [7, 11) is 0. The molecule has 2 heterocycles. The van der Waals surface area contributed by atoms with E-state index in [1.165, 1.54) is 25.0 Å². The van der Waals surface area contributed by atoms with Crippen molar-refractivity contribution < 1.29 is 0 Å². The normalized spacial score (nSPS) is 18.8. The summed E-state index contributed by atoms with van der Waals surface area (Å²) in [6.07, 6.45) is 4.05. The second-order valence-corrected chi connectivity index (χ2v) is 7.37. The van der Waals surface area contributed by atoms with Crippen LogP contribution in [0, 0.1) is 6.92 Å². The summed E-state index contributed by atoms with van der Waals surface area (Å²) in [6, 6.07) is 0. The summed E-state index contributed by atoms with van der Waals surface area (Å²) in [6.45, 7) is 10.4.